The predicted molar refractivity (Wildman–Crippen MR) is 87.3 cm³/mol. The normalized spacial score (nSPS) is 11.3. The zero-order valence-electron chi connectivity index (χ0n) is 11.7. The van der Waals surface area contributed by atoms with E-state index in [-0.39, 0.29) is 5.91 Å². The fourth-order valence-corrected chi connectivity index (χ4v) is 2.30. The van der Waals surface area contributed by atoms with E-state index in [1.165, 1.54) is 6.07 Å². The SMILES string of the molecule is CC(=NNC(=O)c1ccc(Cl)cc1Cl)c1cccc(C)c1. The Morgan fingerprint density at radius 1 is 1.14 bits per heavy atom. The molecule has 2 aromatic rings. The second kappa shape index (κ2) is 6.74. The summed E-state index contributed by atoms with van der Waals surface area (Å²) in [7, 11) is 0. The Morgan fingerprint density at radius 3 is 2.57 bits per heavy atom. The number of rotatable bonds is 3. The van der Waals surface area contributed by atoms with Crippen LogP contribution in [0.25, 0.3) is 0 Å². The summed E-state index contributed by atoms with van der Waals surface area (Å²) in [4.78, 5) is 12.0. The number of aryl methyl sites for hydroxylation is 1. The molecule has 1 amide bonds. The highest BCUT2D eigenvalue weighted by molar-refractivity contribution is 6.36. The average molecular weight is 321 g/mol. The maximum Gasteiger partial charge on any atom is 0.272 e. The Bertz CT molecular complexity index is 711. The van der Waals surface area contributed by atoms with Gasteiger partial charge in [-0.3, -0.25) is 4.79 Å². The molecule has 0 aliphatic rings. The van der Waals surface area contributed by atoms with E-state index in [2.05, 4.69) is 10.5 Å². The van der Waals surface area contributed by atoms with Gasteiger partial charge >= 0.3 is 0 Å². The van der Waals surface area contributed by atoms with E-state index in [1.54, 1.807) is 12.1 Å². The summed E-state index contributed by atoms with van der Waals surface area (Å²) in [6, 6.07) is 12.6. The zero-order chi connectivity index (χ0) is 15.4. The molecule has 108 valence electrons. The topological polar surface area (TPSA) is 41.5 Å². The summed E-state index contributed by atoms with van der Waals surface area (Å²) >= 11 is 11.8. The standard InChI is InChI=1S/C16H14Cl2N2O/c1-10-4-3-5-12(8-10)11(2)19-20-16(21)14-7-6-13(17)9-15(14)18/h3-9H,1-2H3,(H,20,21). The van der Waals surface area contributed by atoms with Crippen molar-refractivity contribution in [3.8, 4) is 0 Å². The molecule has 0 aromatic heterocycles. The van der Waals surface area contributed by atoms with Crippen molar-refractivity contribution < 1.29 is 4.79 Å². The third kappa shape index (κ3) is 4.06. The number of hydrazone groups is 1. The first kappa shape index (κ1) is 15.5. The third-order valence-electron chi connectivity index (χ3n) is 2.94. The molecule has 21 heavy (non-hydrogen) atoms. The van der Waals surface area contributed by atoms with E-state index in [9.17, 15) is 4.79 Å². The number of amides is 1. The Morgan fingerprint density at radius 2 is 1.90 bits per heavy atom. The van der Waals surface area contributed by atoms with Crippen molar-refractivity contribution in [3.63, 3.8) is 0 Å². The molecular weight excluding hydrogens is 307 g/mol. The minimum absolute atomic E-state index is 0.295. The molecule has 0 bridgehead atoms. The van der Waals surface area contributed by atoms with Gasteiger partial charge in [-0.25, -0.2) is 5.43 Å². The smallest absolute Gasteiger partial charge is 0.267 e. The maximum absolute atomic E-state index is 12.0. The predicted octanol–water partition coefficient (Wildman–Crippen LogP) is 4.46. The van der Waals surface area contributed by atoms with Crippen LogP contribution in [0.1, 0.15) is 28.4 Å². The molecular formula is C16H14Cl2N2O. The molecule has 0 unspecified atom stereocenters. The Hall–Kier alpha value is -1.84. The molecule has 0 spiro atoms. The number of carbonyl (C=O) groups excluding carboxylic acids is 1. The molecule has 0 atom stereocenters. The number of halogens is 2. The van der Waals surface area contributed by atoms with Gasteiger partial charge in [0, 0.05) is 5.02 Å². The number of hydrogen-bond acceptors (Lipinski definition) is 2. The van der Waals surface area contributed by atoms with E-state index in [4.69, 9.17) is 23.2 Å². The lowest BCUT2D eigenvalue weighted by Crippen LogP contribution is -2.19. The van der Waals surface area contributed by atoms with Crippen molar-refractivity contribution in [1.29, 1.82) is 0 Å². The van der Waals surface area contributed by atoms with E-state index < -0.39 is 0 Å². The molecule has 0 fully saturated rings. The monoisotopic (exact) mass is 320 g/mol. The van der Waals surface area contributed by atoms with Gasteiger partial charge in [0.2, 0.25) is 0 Å². The minimum atomic E-state index is -0.372. The summed E-state index contributed by atoms with van der Waals surface area (Å²) in [5.74, 6) is -0.372. The summed E-state index contributed by atoms with van der Waals surface area (Å²) in [5.41, 5.74) is 5.64. The Kier molecular flexibility index (Phi) is 4.99. The van der Waals surface area contributed by atoms with E-state index in [1.807, 2.05) is 38.1 Å². The van der Waals surface area contributed by atoms with Crippen LogP contribution >= 0.6 is 23.2 Å². The molecule has 5 heteroatoms. The highest BCUT2D eigenvalue weighted by Crippen LogP contribution is 2.20. The van der Waals surface area contributed by atoms with Crippen molar-refractivity contribution in [2.24, 2.45) is 5.10 Å². The van der Waals surface area contributed by atoms with Gasteiger partial charge in [-0.2, -0.15) is 5.10 Å². The third-order valence-corrected chi connectivity index (χ3v) is 3.48. The summed E-state index contributed by atoms with van der Waals surface area (Å²) in [6.45, 7) is 3.83. The molecule has 0 saturated heterocycles. The van der Waals surface area contributed by atoms with Gasteiger partial charge < -0.3 is 0 Å². The van der Waals surface area contributed by atoms with Crippen LogP contribution in [0.3, 0.4) is 0 Å². The molecule has 0 saturated carbocycles. The summed E-state index contributed by atoms with van der Waals surface area (Å²) < 4.78 is 0. The fourth-order valence-electron chi connectivity index (χ4n) is 1.80. The lowest BCUT2D eigenvalue weighted by atomic mass is 10.1. The molecule has 0 aliphatic carbocycles. The number of hydrogen-bond donors (Lipinski definition) is 1. The highest BCUT2D eigenvalue weighted by Gasteiger charge is 2.10. The van der Waals surface area contributed by atoms with Gasteiger partial charge in [-0.1, -0.05) is 53.0 Å². The fraction of sp³-hybridized carbons (Fsp3) is 0.125. The van der Waals surface area contributed by atoms with Gasteiger partial charge in [0.25, 0.3) is 5.91 Å². The number of nitrogens with one attached hydrogen (secondary N) is 1. The van der Waals surface area contributed by atoms with Crippen LogP contribution in [0.4, 0.5) is 0 Å². The molecule has 1 N–H and O–H groups in total. The van der Waals surface area contributed by atoms with E-state index in [0.717, 1.165) is 16.8 Å². The zero-order valence-corrected chi connectivity index (χ0v) is 13.2. The largest absolute Gasteiger partial charge is 0.272 e. The second-order valence-corrected chi connectivity index (χ2v) is 5.48. The van der Waals surface area contributed by atoms with Crippen LogP contribution in [0.15, 0.2) is 47.6 Å². The molecule has 0 radical (unpaired) electrons. The Balaban J connectivity index is 2.14. The molecule has 3 nitrogen and oxygen atoms in total. The minimum Gasteiger partial charge on any atom is -0.267 e. The van der Waals surface area contributed by atoms with Gasteiger partial charge in [0.05, 0.1) is 16.3 Å². The quantitative estimate of drug-likeness (QED) is 0.658. The number of carbonyl (C=O) groups is 1. The van der Waals surface area contributed by atoms with Crippen LogP contribution in [0, 0.1) is 6.92 Å². The molecule has 2 aromatic carbocycles. The van der Waals surface area contributed by atoms with Crippen molar-refractivity contribution >= 4 is 34.8 Å². The van der Waals surface area contributed by atoms with Gasteiger partial charge in [-0.05, 0) is 37.6 Å². The average Bonchev–Trinajstić information content (AvgIpc) is 2.44. The van der Waals surface area contributed by atoms with Crippen LogP contribution in [0.2, 0.25) is 10.0 Å². The summed E-state index contributed by atoms with van der Waals surface area (Å²) in [6.07, 6.45) is 0. The van der Waals surface area contributed by atoms with Gasteiger partial charge in [-0.15, -0.1) is 0 Å². The lowest BCUT2D eigenvalue weighted by molar-refractivity contribution is 0.0955. The van der Waals surface area contributed by atoms with Gasteiger partial charge in [0.15, 0.2) is 0 Å². The first-order valence-corrected chi connectivity index (χ1v) is 7.09. The lowest BCUT2D eigenvalue weighted by Gasteiger charge is -2.05. The number of benzene rings is 2. The first-order valence-electron chi connectivity index (χ1n) is 6.34. The highest BCUT2D eigenvalue weighted by atomic mass is 35.5. The number of nitrogens with zero attached hydrogens (tertiary/aromatic N) is 1. The first-order chi connectivity index (χ1) is 9.97. The van der Waals surface area contributed by atoms with Gasteiger partial charge in [0.1, 0.15) is 0 Å². The van der Waals surface area contributed by atoms with Crippen LogP contribution < -0.4 is 5.43 Å². The van der Waals surface area contributed by atoms with Crippen LogP contribution in [-0.4, -0.2) is 11.6 Å². The van der Waals surface area contributed by atoms with Crippen molar-refractivity contribution in [2.75, 3.05) is 0 Å². The second-order valence-electron chi connectivity index (χ2n) is 4.63. The molecule has 0 aliphatic heterocycles. The summed E-state index contributed by atoms with van der Waals surface area (Å²) in [5, 5.41) is 4.88. The van der Waals surface area contributed by atoms with Crippen LogP contribution in [-0.2, 0) is 0 Å². The van der Waals surface area contributed by atoms with Crippen LogP contribution in [0.5, 0.6) is 0 Å². The maximum atomic E-state index is 12.0. The van der Waals surface area contributed by atoms with Crippen molar-refractivity contribution in [2.45, 2.75) is 13.8 Å². The van der Waals surface area contributed by atoms with E-state index in [0.29, 0.717) is 15.6 Å². The van der Waals surface area contributed by atoms with E-state index >= 15 is 0 Å². The van der Waals surface area contributed by atoms with Crippen molar-refractivity contribution in [3.05, 3.63) is 69.2 Å². The molecule has 0 heterocycles. The van der Waals surface area contributed by atoms with Crippen molar-refractivity contribution in [1.82, 2.24) is 5.43 Å². The Labute approximate surface area is 133 Å². The molecule has 2 rings (SSSR count).